The van der Waals surface area contributed by atoms with E-state index in [0.29, 0.717) is 38.8 Å². The van der Waals surface area contributed by atoms with Gasteiger partial charge in [-0.15, -0.1) is 0 Å². The first-order valence-electron chi connectivity index (χ1n) is 19.3. The minimum atomic E-state index is -1.39. The van der Waals surface area contributed by atoms with Crippen LogP contribution in [0, 0.1) is 10.1 Å². The maximum Gasteiger partial charge on any atom is 0.411 e. The number of aliphatic hydroxyl groups excluding tert-OH is 2. The third-order valence-corrected chi connectivity index (χ3v) is 12.5. The van der Waals surface area contributed by atoms with E-state index < -0.39 is 35.0 Å². The minimum Gasteiger partial charge on any atom is -0.493 e. The molecular weight excluding hydrogens is 841 g/mol. The van der Waals surface area contributed by atoms with Gasteiger partial charge in [-0.3, -0.25) is 30.3 Å². The summed E-state index contributed by atoms with van der Waals surface area (Å²) >= 11 is 0. The Morgan fingerprint density at radius 2 is 1.43 bits per heavy atom. The molecule has 0 spiro atoms. The molecule has 2 aromatic carbocycles. The molecule has 3 atom stereocenters. The number of rotatable bonds is 20. The van der Waals surface area contributed by atoms with E-state index in [1.54, 1.807) is 6.92 Å². The van der Waals surface area contributed by atoms with Crippen molar-refractivity contribution in [2.24, 2.45) is 0 Å². The third kappa shape index (κ3) is 12.0. The van der Waals surface area contributed by atoms with Gasteiger partial charge < -0.3 is 48.8 Å². The number of carbonyl (C=O) groups excluding carboxylic acids is 3. The molecule has 0 saturated carbocycles. The van der Waals surface area contributed by atoms with Crippen LogP contribution in [0.3, 0.4) is 0 Å². The third-order valence-electron chi connectivity index (χ3n) is 9.74. The number of carbonyl (C=O) groups is 4. The van der Waals surface area contributed by atoms with Crippen molar-refractivity contribution in [3.05, 3.63) is 63.8 Å². The normalized spacial score (nSPS) is 16.4. The fraction of sp³-hybridized carbons (Fsp3) is 0.462. The zero-order valence-corrected chi connectivity index (χ0v) is 35.3. The lowest BCUT2D eigenvalue weighted by Gasteiger charge is -2.25. The van der Waals surface area contributed by atoms with Crippen molar-refractivity contribution in [1.29, 1.82) is 0 Å². The largest absolute Gasteiger partial charge is 0.493 e. The van der Waals surface area contributed by atoms with E-state index >= 15 is 0 Å². The number of hydrogen-bond donors (Lipinski definition) is 5. The highest BCUT2D eigenvalue weighted by atomic mass is 33.1. The van der Waals surface area contributed by atoms with Gasteiger partial charge in [0.25, 0.3) is 11.8 Å². The van der Waals surface area contributed by atoms with Gasteiger partial charge in [0.1, 0.15) is 6.61 Å². The molecule has 3 heterocycles. The number of hydrogen-bond acceptors (Lipinski definition) is 16. The van der Waals surface area contributed by atoms with Crippen LogP contribution < -0.4 is 29.6 Å². The van der Waals surface area contributed by atoms with Crippen LogP contribution in [0.15, 0.2) is 47.6 Å². The Hall–Kier alpha value is -5.71. The standard InChI is InChI=1S/C39H48N6O14S2/c1-23(60-61-35-30(45(53)54)10-4-11-40-35)22-59-39(52)42-29-19-34(32(56-3)17-27(29)37(49)44-13-6-9-25(44)21-47)58-15-7-14-57-33-18-28(41-38(50)51)26(16-31(33)55-2)36(48)43-12-5-8-24(43)20-46/h4,10-11,16-19,23-25,41,46-47H,5-9,12-15,20-22H2,1-3H3,(H,42,52)(H,50,51). The van der Waals surface area contributed by atoms with Gasteiger partial charge in [0, 0.05) is 49.2 Å². The molecule has 0 radical (unpaired) electrons. The average molecular weight is 889 g/mol. The number of pyridine rings is 1. The first-order chi connectivity index (χ1) is 29.4. The van der Waals surface area contributed by atoms with Crippen LogP contribution in [-0.2, 0) is 4.74 Å². The highest BCUT2D eigenvalue weighted by Crippen LogP contribution is 2.39. The molecule has 3 aromatic rings. The summed E-state index contributed by atoms with van der Waals surface area (Å²) in [5.41, 5.74) is 0.00103. The predicted molar refractivity (Wildman–Crippen MR) is 224 cm³/mol. The van der Waals surface area contributed by atoms with E-state index in [1.807, 2.05) is 0 Å². The van der Waals surface area contributed by atoms with Gasteiger partial charge in [0.05, 0.1) is 80.2 Å². The van der Waals surface area contributed by atoms with Crippen LogP contribution in [0.1, 0.15) is 59.7 Å². The van der Waals surface area contributed by atoms with Crippen molar-refractivity contribution in [3.63, 3.8) is 0 Å². The highest BCUT2D eigenvalue weighted by molar-refractivity contribution is 8.77. The van der Waals surface area contributed by atoms with Gasteiger partial charge in [0.2, 0.25) is 0 Å². The number of carboxylic acid groups (broad SMARTS) is 1. The van der Waals surface area contributed by atoms with Gasteiger partial charge in [-0.1, -0.05) is 10.8 Å². The molecular formula is C39H48N6O14S2. The second-order valence-electron chi connectivity index (χ2n) is 13.8. The van der Waals surface area contributed by atoms with Crippen molar-refractivity contribution >= 4 is 62.7 Å². The quantitative estimate of drug-likeness (QED) is 0.0405. The smallest absolute Gasteiger partial charge is 0.411 e. The summed E-state index contributed by atoms with van der Waals surface area (Å²) < 4.78 is 28.5. The number of nitrogens with zero attached hydrogens (tertiary/aromatic N) is 4. The van der Waals surface area contributed by atoms with E-state index in [4.69, 9.17) is 23.7 Å². The van der Waals surface area contributed by atoms with Gasteiger partial charge in [-0.05, 0) is 61.6 Å². The lowest BCUT2D eigenvalue weighted by Crippen LogP contribution is -2.38. The number of methoxy groups -OCH3 is 2. The van der Waals surface area contributed by atoms with Gasteiger partial charge in [-0.25, -0.2) is 14.6 Å². The van der Waals surface area contributed by atoms with Crippen molar-refractivity contribution in [2.75, 3.05) is 71.0 Å². The SMILES string of the molecule is COc1cc(C(=O)N2CCCC2CO)c(NC(=O)O)cc1OCCCOc1cc(NC(=O)OCC(C)SSc2ncccc2[N+](=O)[O-])c(C(=O)N2CCCC2CO)cc1OC. The van der Waals surface area contributed by atoms with E-state index in [1.165, 1.54) is 77.4 Å². The minimum absolute atomic E-state index is 0.0202. The van der Waals surface area contributed by atoms with Crippen LogP contribution in [0.25, 0.3) is 0 Å². The number of benzene rings is 2. The molecule has 2 aliphatic heterocycles. The number of anilines is 2. The second kappa shape index (κ2) is 22.2. The number of nitro groups is 1. The van der Waals surface area contributed by atoms with Crippen LogP contribution in [0.2, 0.25) is 0 Å². The van der Waals surface area contributed by atoms with Crippen molar-refractivity contribution in [2.45, 2.75) is 61.4 Å². The van der Waals surface area contributed by atoms with Crippen molar-refractivity contribution in [3.8, 4) is 23.0 Å². The summed E-state index contributed by atoms with van der Waals surface area (Å²) in [5.74, 6) is -0.231. The molecule has 20 nitrogen and oxygen atoms in total. The Morgan fingerprint density at radius 1 is 0.885 bits per heavy atom. The molecule has 3 unspecified atom stereocenters. The fourth-order valence-electron chi connectivity index (χ4n) is 6.74. The Bertz CT molecular complexity index is 2060. The summed E-state index contributed by atoms with van der Waals surface area (Å²) in [6, 6.07) is 7.62. The summed E-state index contributed by atoms with van der Waals surface area (Å²) in [6.07, 6.45) is 2.06. The second-order valence-corrected chi connectivity index (χ2v) is 16.5. The van der Waals surface area contributed by atoms with Crippen molar-refractivity contribution in [1.82, 2.24) is 14.8 Å². The van der Waals surface area contributed by atoms with E-state index in [-0.39, 0.29) is 107 Å². The van der Waals surface area contributed by atoms with Crippen LogP contribution in [-0.4, -0.2) is 137 Å². The Morgan fingerprint density at radius 3 is 1.92 bits per heavy atom. The molecule has 2 fully saturated rings. The molecule has 330 valence electrons. The molecule has 22 heteroatoms. The van der Waals surface area contributed by atoms with E-state index in [9.17, 15) is 44.6 Å². The maximum atomic E-state index is 13.9. The monoisotopic (exact) mass is 888 g/mol. The molecule has 2 saturated heterocycles. The number of amides is 4. The number of aliphatic hydroxyl groups is 2. The van der Waals surface area contributed by atoms with Crippen LogP contribution >= 0.6 is 21.6 Å². The molecule has 0 bridgehead atoms. The molecule has 4 amide bonds. The van der Waals surface area contributed by atoms with Crippen molar-refractivity contribution < 1.29 is 63.1 Å². The summed E-state index contributed by atoms with van der Waals surface area (Å²) in [4.78, 5) is 70.1. The molecule has 5 N–H and O–H groups in total. The van der Waals surface area contributed by atoms with Crippen LogP contribution in [0.5, 0.6) is 23.0 Å². The number of likely N-dealkylation sites (tertiary alicyclic amines) is 2. The van der Waals surface area contributed by atoms with Gasteiger partial charge in [0.15, 0.2) is 28.0 Å². The summed E-state index contributed by atoms with van der Waals surface area (Å²) in [6.45, 7) is 2.12. The Balaban J connectivity index is 1.26. The molecule has 1 aromatic heterocycles. The zero-order chi connectivity index (χ0) is 44.1. The first-order valence-corrected chi connectivity index (χ1v) is 21.5. The van der Waals surface area contributed by atoms with Crippen LogP contribution in [0.4, 0.5) is 26.7 Å². The predicted octanol–water partition coefficient (Wildman–Crippen LogP) is 5.52. The Labute approximate surface area is 358 Å². The van der Waals surface area contributed by atoms with Gasteiger partial charge in [-0.2, -0.15) is 0 Å². The molecule has 2 aliphatic rings. The van der Waals surface area contributed by atoms with Gasteiger partial charge >= 0.3 is 17.9 Å². The zero-order valence-electron chi connectivity index (χ0n) is 33.7. The number of aromatic nitrogens is 1. The molecule has 0 aliphatic carbocycles. The number of nitrogens with one attached hydrogen (secondary N) is 2. The highest BCUT2D eigenvalue weighted by Gasteiger charge is 2.33. The maximum absolute atomic E-state index is 13.9. The summed E-state index contributed by atoms with van der Waals surface area (Å²) in [7, 11) is 5.07. The van der Waals surface area contributed by atoms with E-state index in [0.717, 1.165) is 10.8 Å². The lowest BCUT2D eigenvalue weighted by molar-refractivity contribution is -0.388. The molecule has 61 heavy (non-hydrogen) atoms. The Kier molecular flexibility index (Phi) is 16.9. The number of ether oxygens (including phenoxy) is 5. The topological polar surface area (TPSA) is 262 Å². The first kappa shape index (κ1) is 46.4. The summed E-state index contributed by atoms with van der Waals surface area (Å²) in [5, 5.41) is 45.3. The van der Waals surface area contributed by atoms with E-state index in [2.05, 4.69) is 15.6 Å². The lowest BCUT2D eigenvalue weighted by atomic mass is 10.1. The fourth-order valence-corrected chi connectivity index (χ4v) is 8.77. The molecule has 5 rings (SSSR count). The average Bonchev–Trinajstić information content (AvgIpc) is 3.94.